The van der Waals surface area contributed by atoms with Crippen molar-refractivity contribution in [3.63, 3.8) is 0 Å². The number of amides is 1. The summed E-state index contributed by atoms with van der Waals surface area (Å²) in [4.78, 5) is 22.6. The summed E-state index contributed by atoms with van der Waals surface area (Å²) in [6, 6.07) is -1.12. The predicted octanol–water partition coefficient (Wildman–Crippen LogP) is 0.585. The van der Waals surface area contributed by atoms with Crippen molar-refractivity contribution in [1.29, 1.82) is 0 Å². The van der Waals surface area contributed by atoms with Crippen LogP contribution in [0, 0.1) is 11.8 Å². The van der Waals surface area contributed by atoms with Crippen molar-refractivity contribution in [3.8, 4) is 0 Å². The van der Waals surface area contributed by atoms with Crippen LogP contribution in [0.5, 0.6) is 0 Å². The molecule has 0 rings (SSSR count). The van der Waals surface area contributed by atoms with Crippen LogP contribution >= 0.6 is 0 Å². The lowest BCUT2D eigenvalue weighted by Crippen LogP contribution is -2.49. The Labute approximate surface area is 96.4 Å². The Hall–Kier alpha value is -1.10. The summed E-state index contributed by atoms with van der Waals surface area (Å²) < 4.78 is 0. The van der Waals surface area contributed by atoms with Crippen LogP contribution in [0.1, 0.15) is 34.1 Å². The summed E-state index contributed by atoms with van der Waals surface area (Å²) in [6.45, 7) is 7.11. The number of aliphatic carboxylic acids is 1. The molecule has 0 aliphatic heterocycles. The van der Waals surface area contributed by atoms with Crippen LogP contribution in [0.25, 0.3) is 0 Å². The van der Waals surface area contributed by atoms with E-state index in [1.165, 1.54) is 0 Å². The van der Waals surface area contributed by atoms with Gasteiger partial charge in [0.1, 0.15) is 6.04 Å². The molecular weight excluding hydrogens is 208 g/mol. The lowest BCUT2D eigenvalue weighted by atomic mass is 9.97. The molecule has 0 radical (unpaired) electrons. The number of nitrogens with one attached hydrogen (secondary N) is 1. The number of carbonyl (C=O) groups is 2. The topological polar surface area (TPSA) is 92.4 Å². The molecule has 2 unspecified atom stereocenters. The second-order valence-electron chi connectivity index (χ2n) is 4.36. The molecule has 0 aromatic heterocycles. The van der Waals surface area contributed by atoms with Crippen molar-refractivity contribution < 1.29 is 14.7 Å². The van der Waals surface area contributed by atoms with Crippen molar-refractivity contribution in [3.05, 3.63) is 0 Å². The number of carbonyl (C=O) groups excluding carboxylic acids is 1. The van der Waals surface area contributed by atoms with E-state index in [4.69, 9.17) is 10.8 Å². The highest BCUT2D eigenvalue weighted by Crippen LogP contribution is 2.09. The highest BCUT2D eigenvalue weighted by Gasteiger charge is 2.28. The summed E-state index contributed by atoms with van der Waals surface area (Å²) in [5, 5.41) is 11.5. The maximum Gasteiger partial charge on any atom is 0.326 e. The molecule has 5 heteroatoms. The molecule has 0 aliphatic rings. The largest absolute Gasteiger partial charge is 0.480 e. The molecule has 0 saturated carbocycles. The smallest absolute Gasteiger partial charge is 0.326 e. The van der Waals surface area contributed by atoms with Crippen LogP contribution in [0.15, 0.2) is 0 Å². The third-order valence-electron chi connectivity index (χ3n) is 2.98. The molecule has 0 aromatic carbocycles. The number of carboxylic acids is 1. The van der Waals surface area contributed by atoms with Gasteiger partial charge in [0.15, 0.2) is 0 Å². The fourth-order valence-corrected chi connectivity index (χ4v) is 1.21. The molecule has 0 heterocycles. The Bertz CT molecular complexity index is 254. The van der Waals surface area contributed by atoms with Crippen LogP contribution < -0.4 is 11.1 Å². The Morgan fingerprint density at radius 2 is 1.81 bits per heavy atom. The van der Waals surface area contributed by atoms with Crippen LogP contribution in [0.2, 0.25) is 0 Å². The Kier molecular flexibility index (Phi) is 6.03. The summed E-state index contributed by atoms with van der Waals surface area (Å²) in [7, 11) is 0. The molecule has 0 aromatic rings. The van der Waals surface area contributed by atoms with E-state index in [-0.39, 0.29) is 23.8 Å². The zero-order valence-electron chi connectivity index (χ0n) is 10.4. The lowest BCUT2D eigenvalue weighted by Gasteiger charge is -2.23. The number of nitrogens with two attached hydrogens (primary N) is 1. The zero-order valence-corrected chi connectivity index (χ0v) is 10.4. The standard InChI is InChI=1S/C11H22N2O3/c1-5-6(2)9(11(15)16)13-10(14)7(3)8(4)12/h6-9H,5,12H2,1-4H3,(H,13,14)(H,15,16)/t6-,7?,8?,9-/m0/s1. The minimum atomic E-state index is -1.00. The average molecular weight is 230 g/mol. The van der Waals surface area contributed by atoms with E-state index in [9.17, 15) is 9.59 Å². The van der Waals surface area contributed by atoms with Crippen molar-refractivity contribution in [2.24, 2.45) is 17.6 Å². The fraction of sp³-hybridized carbons (Fsp3) is 0.818. The average Bonchev–Trinajstić information content (AvgIpc) is 2.22. The Balaban J connectivity index is 4.52. The van der Waals surface area contributed by atoms with Crippen LogP contribution in [0.4, 0.5) is 0 Å². The summed E-state index contributed by atoms with van der Waals surface area (Å²) in [5.74, 6) is -1.78. The highest BCUT2D eigenvalue weighted by molar-refractivity contribution is 5.85. The van der Waals surface area contributed by atoms with E-state index in [1.54, 1.807) is 20.8 Å². The number of rotatable bonds is 6. The van der Waals surface area contributed by atoms with Gasteiger partial charge in [-0.1, -0.05) is 27.2 Å². The maximum absolute atomic E-state index is 11.7. The van der Waals surface area contributed by atoms with Crippen LogP contribution in [-0.4, -0.2) is 29.1 Å². The van der Waals surface area contributed by atoms with E-state index in [0.717, 1.165) is 0 Å². The molecule has 5 nitrogen and oxygen atoms in total. The molecular formula is C11H22N2O3. The van der Waals surface area contributed by atoms with Gasteiger partial charge in [-0.25, -0.2) is 4.79 Å². The van der Waals surface area contributed by atoms with Crippen molar-refractivity contribution in [1.82, 2.24) is 5.32 Å². The molecule has 0 fully saturated rings. The molecule has 0 aliphatic carbocycles. The number of hydrogen-bond donors (Lipinski definition) is 3. The lowest BCUT2D eigenvalue weighted by molar-refractivity contribution is -0.144. The summed E-state index contributed by atoms with van der Waals surface area (Å²) in [5.41, 5.74) is 5.59. The van der Waals surface area contributed by atoms with Gasteiger partial charge < -0.3 is 16.2 Å². The molecule has 0 saturated heterocycles. The number of carboxylic acid groups (broad SMARTS) is 1. The van der Waals surface area contributed by atoms with Crippen LogP contribution in [0.3, 0.4) is 0 Å². The maximum atomic E-state index is 11.7. The zero-order chi connectivity index (χ0) is 12.9. The second kappa shape index (κ2) is 6.48. The third kappa shape index (κ3) is 4.18. The monoisotopic (exact) mass is 230 g/mol. The van der Waals surface area contributed by atoms with Gasteiger partial charge in [-0.05, 0) is 12.8 Å². The molecule has 0 bridgehead atoms. The molecule has 16 heavy (non-hydrogen) atoms. The minimum absolute atomic E-state index is 0.0956. The summed E-state index contributed by atoms with van der Waals surface area (Å²) >= 11 is 0. The van der Waals surface area contributed by atoms with E-state index in [2.05, 4.69) is 5.32 Å². The minimum Gasteiger partial charge on any atom is -0.480 e. The first-order valence-electron chi connectivity index (χ1n) is 5.60. The third-order valence-corrected chi connectivity index (χ3v) is 2.98. The Morgan fingerprint density at radius 3 is 2.12 bits per heavy atom. The second-order valence-corrected chi connectivity index (χ2v) is 4.36. The first-order valence-corrected chi connectivity index (χ1v) is 5.60. The summed E-state index contributed by atoms with van der Waals surface area (Å²) in [6.07, 6.45) is 0.698. The quantitative estimate of drug-likeness (QED) is 0.622. The van der Waals surface area contributed by atoms with Gasteiger partial charge in [0.05, 0.1) is 0 Å². The van der Waals surface area contributed by atoms with Crippen LogP contribution in [-0.2, 0) is 9.59 Å². The van der Waals surface area contributed by atoms with Crippen molar-refractivity contribution in [2.45, 2.75) is 46.2 Å². The molecule has 94 valence electrons. The SMILES string of the molecule is CC[C@H](C)[C@H](NC(=O)C(C)C(C)N)C(=O)O. The van der Waals surface area contributed by atoms with E-state index in [1.807, 2.05) is 6.92 Å². The van der Waals surface area contributed by atoms with E-state index in [0.29, 0.717) is 6.42 Å². The Morgan fingerprint density at radius 1 is 1.31 bits per heavy atom. The highest BCUT2D eigenvalue weighted by atomic mass is 16.4. The van der Waals surface area contributed by atoms with Gasteiger partial charge in [-0.2, -0.15) is 0 Å². The van der Waals surface area contributed by atoms with E-state index >= 15 is 0 Å². The first kappa shape index (κ1) is 14.9. The van der Waals surface area contributed by atoms with Gasteiger partial charge >= 0.3 is 5.97 Å². The normalized spacial score (nSPS) is 18.3. The first-order chi connectivity index (χ1) is 7.31. The molecule has 0 spiro atoms. The van der Waals surface area contributed by atoms with Gasteiger partial charge in [0, 0.05) is 12.0 Å². The van der Waals surface area contributed by atoms with Gasteiger partial charge in [0.25, 0.3) is 0 Å². The molecule has 4 atom stereocenters. The number of hydrogen-bond acceptors (Lipinski definition) is 3. The van der Waals surface area contributed by atoms with Gasteiger partial charge in [0.2, 0.25) is 5.91 Å². The van der Waals surface area contributed by atoms with Crippen molar-refractivity contribution in [2.75, 3.05) is 0 Å². The predicted molar refractivity (Wildman–Crippen MR) is 61.8 cm³/mol. The van der Waals surface area contributed by atoms with Gasteiger partial charge in [-0.15, -0.1) is 0 Å². The van der Waals surface area contributed by atoms with Crippen molar-refractivity contribution >= 4 is 11.9 Å². The van der Waals surface area contributed by atoms with Gasteiger partial charge in [-0.3, -0.25) is 4.79 Å². The molecule has 4 N–H and O–H groups in total. The fourth-order valence-electron chi connectivity index (χ4n) is 1.21. The van der Waals surface area contributed by atoms with E-state index < -0.39 is 12.0 Å². The molecule has 1 amide bonds.